The Morgan fingerprint density at radius 3 is 3.06 bits per heavy atom. The Kier molecular flexibility index (Phi) is 6.07. The molecule has 0 amide bonds. The number of hydrogen-bond acceptors (Lipinski definition) is 5. The van der Waals surface area contributed by atoms with E-state index in [0.29, 0.717) is 12.4 Å². The molecule has 17 heavy (non-hydrogen) atoms. The molecule has 0 aliphatic rings. The van der Waals surface area contributed by atoms with Gasteiger partial charge in [-0.15, -0.1) is 0 Å². The smallest absolute Gasteiger partial charge is 0.323 e. The average molecular weight is 257 g/mol. The van der Waals surface area contributed by atoms with E-state index in [9.17, 15) is 4.79 Å². The lowest BCUT2D eigenvalue weighted by Crippen LogP contribution is -2.34. The molecule has 0 aliphatic carbocycles. The lowest BCUT2D eigenvalue weighted by Gasteiger charge is -2.10. The van der Waals surface area contributed by atoms with Gasteiger partial charge >= 0.3 is 5.97 Å². The van der Waals surface area contributed by atoms with E-state index in [2.05, 4.69) is 9.55 Å². The number of hydrogen-bond donors (Lipinski definition) is 1. The second-order valence-electron chi connectivity index (χ2n) is 3.60. The topological polar surface area (TPSA) is 70.1 Å². The minimum absolute atomic E-state index is 0.321. The second kappa shape index (κ2) is 7.34. The molecule has 0 bridgehead atoms. The third-order valence-corrected chi connectivity index (χ3v) is 3.35. The maximum atomic E-state index is 11.2. The molecule has 6 heteroatoms. The highest BCUT2D eigenvalue weighted by Crippen LogP contribution is 2.05. The van der Waals surface area contributed by atoms with Crippen LogP contribution in [0.15, 0.2) is 12.4 Å². The molecule has 2 N–H and O–H groups in total. The number of ether oxygens (including phenoxy) is 1. The second-order valence-corrected chi connectivity index (χ2v) is 4.75. The third-order valence-electron chi connectivity index (χ3n) is 2.29. The lowest BCUT2D eigenvalue weighted by molar-refractivity contribution is -0.144. The Balaban J connectivity index is 2.16. The van der Waals surface area contributed by atoms with Gasteiger partial charge in [-0.05, 0) is 13.8 Å². The summed E-state index contributed by atoms with van der Waals surface area (Å²) in [6, 6.07) is -0.524. The summed E-state index contributed by atoms with van der Waals surface area (Å²) in [4.78, 5) is 15.4. The molecular formula is C11H19N3O2S. The summed E-state index contributed by atoms with van der Waals surface area (Å²) in [5.74, 6) is 2.18. The van der Waals surface area contributed by atoms with Crippen molar-refractivity contribution >= 4 is 17.7 Å². The van der Waals surface area contributed by atoms with Crippen molar-refractivity contribution in [3.8, 4) is 0 Å². The zero-order valence-corrected chi connectivity index (χ0v) is 11.1. The first kappa shape index (κ1) is 14.1. The number of aryl methyl sites for hydroxylation is 2. The molecule has 1 aromatic heterocycles. The Hall–Kier alpha value is -1.01. The summed E-state index contributed by atoms with van der Waals surface area (Å²) >= 11 is 1.65. The van der Waals surface area contributed by atoms with Crippen LogP contribution in [0.3, 0.4) is 0 Å². The van der Waals surface area contributed by atoms with Crippen LogP contribution in [0, 0.1) is 6.92 Å². The average Bonchev–Trinajstić information content (AvgIpc) is 2.70. The first-order chi connectivity index (χ1) is 8.15. The zero-order valence-electron chi connectivity index (χ0n) is 10.3. The van der Waals surface area contributed by atoms with Gasteiger partial charge in [0.25, 0.3) is 0 Å². The van der Waals surface area contributed by atoms with Crippen LogP contribution in [0.5, 0.6) is 0 Å². The van der Waals surface area contributed by atoms with Crippen LogP contribution in [-0.2, 0) is 16.1 Å². The summed E-state index contributed by atoms with van der Waals surface area (Å²) in [6.45, 7) is 5.01. The molecule has 1 unspecified atom stereocenters. The summed E-state index contributed by atoms with van der Waals surface area (Å²) in [5.41, 5.74) is 5.68. The Bertz CT molecular complexity index is 354. The van der Waals surface area contributed by atoms with E-state index < -0.39 is 6.04 Å². The van der Waals surface area contributed by atoms with E-state index in [0.717, 1.165) is 18.1 Å². The molecule has 0 radical (unpaired) electrons. The molecule has 1 aromatic rings. The molecule has 1 atom stereocenters. The number of rotatable bonds is 7. The van der Waals surface area contributed by atoms with Gasteiger partial charge in [-0.25, -0.2) is 4.98 Å². The molecule has 0 saturated carbocycles. The number of carbonyl (C=O) groups is 1. The molecule has 0 aromatic carbocycles. The molecular weight excluding hydrogens is 238 g/mol. The van der Waals surface area contributed by atoms with E-state index >= 15 is 0 Å². The van der Waals surface area contributed by atoms with Gasteiger partial charge < -0.3 is 15.0 Å². The fraction of sp³-hybridized carbons (Fsp3) is 0.636. The van der Waals surface area contributed by atoms with E-state index in [1.54, 1.807) is 24.9 Å². The van der Waals surface area contributed by atoms with Crippen LogP contribution < -0.4 is 5.73 Å². The molecule has 1 rings (SSSR count). The predicted octanol–water partition coefficient (Wildman–Crippen LogP) is 0.815. The Morgan fingerprint density at radius 2 is 2.47 bits per heavy atom. The van der Waals surface area contributed by atoms with Crippen LogP contribution in [0.25, 0.3) is 0 Å². The van der Waals surface area contributed by atoms with Gasteiger partial charge in [-0.3, -0.25) is 4.79 Å². The highest BCUT2D eigenvalue weighted by Gasteiger charge is 2.13. The van der Waals surface area contributed by atoms with Crippen molar-refractivity contribution < 1.29 is 9.53 Å². The maximum absolute atomic E-state index is 11.2. The number of nitrogens with two attached hydrogens (primary N) is 1. The summed E-state index contributed by atoms with van der Waals surface area (Å²) in [5, 5.41) is 0. The molecule has 0 aliphatic heterocycles. The highest BCUT2D eigenvalue weighted by atomic mass is 32.2. The number of esters is 1. The van der Waals surface area contributed by atoms with E-state index in [4.69, 9.17) is 10.5 Å². The third kappa shape index (κ3) is 4.79. The molecule has 0 fully saturated rings. The van der Waals surface area contributed by atoms with Crippen molar-refractivity contribution in [2.45, 2.75) is 26.4 Å². The molecule has 1 heterocycles. The van der Waals surface area contributed by atoms with Crippen molar-refractivity contribution in [1.29, 1.82) is 0 Å². The van der Waals surface area contributed by atoms with Crippen molar-refractivity contribution in [2.75, 3.05) is 18.1 Å². The van der Waals surface area contributed by atoms with Crippen LogP contribution in [0.4, 0.5) is 0 Å². The van der Waals surface area contributed by atoms with E-state index in [-0.39, 0.29) is 5.97 Å². The lowest BCUT2D eigenvalue weighted by atomic mass is 10.4. The van der Waals surface area contributed by atoms with Gasteiger partial charge in [0.2, 0.25) is 0 Å². The Morgan fingerprint density at radius 1 is 1.71 bits per heavy atom. The minimum atomic E-state index is -0.524. The van der Waals surface area contributed by atoms with Gasteiger partial charge in [0.15, 0.2) is 0 Å². The normalized spacial score (nSPS) is 12.4. The van der Waals surface area contributed by atoms with Crippen LogP contribution in [-0.4, -0.2) is 39.7 Å². The van der Waals surface area contributed by atoms with Gasteiger partial charge in [-0.1, -0.05) is 0 Å². The fourth-order valence-corrected chi connectivity index (χ4v) is 2.21. The SMILES string of the molecule is CCOC(=O)C(N)CSCCn1ccnc1C. The van der Waals surface area contributed by atoms with Crippen LogP contribution in [0.2, 0.25) is 0 Å². The highest BCUT2D eigenvalue weighted by molar-refractivity contribution is 7.99. The van der Waals surface area contributed by atoms with Crippen molar-refractivity contribution in [3.05, 3.63) is 18.2 Å². The van der Waals surface area contributed by atoms with Crippen molar-refractivity contribution in [1.82, 2.24) is 9.55 Å². The van der Waals surface area contributed by atoms with Gasteiger partial charge in [0.1, 0.15) is 11.9 Å². The first-order valence-corrected chi connectivity index (χ1v) is 6.78. The molecule has 0 saturated heterocycles. The van der Waals surface area contributed by atoms with Gasteiger partial charge in [0.05, 0.1) is 6.61 Å². The number of aromatic nitrogens is 2. The van der Waals surface area contributed by atoms with Crippen LogP contribution >= 0.6 is 11.8 Å². The summed E-state index contributed by atoms with van der Waals surface area (Å²) in [6.07, 6.45) is 3.73. The number of nitrogens with zero attached hydrogens (tertiary/aromatic N) is 2. The predicted molar refractivity (Wildman–Crippen MR) is 68.9 cm³/mol. The number of carbonyl (C=O) groups excluding carboxylic acids is 1. The monoisotopic (exact) mass is 257 g/mol. The molecule has 96 valence electrons. The standard InChI is InChI=1S/C11H19N3O2S/c1-3-16-11(15)10(12)8-17-7-6-14-5-4-13-9(14)2/h4-5,10H,3,6-8,12H2,1-2H3. The summed E-state index contributed by atoms with van der Waals surface area (Å²) in [7, 11) is 0. The van der Waals surface area contributed by atoms with Crippen LogP contribution in [0.1, 0.15) is 12.7 Å². The fourth-order valence-electron chi connectivity index (χ4n) is 1.33. The number of imidazole rings is 1. The minimum Gasteiger partial charge on any atom is -0.465 e. The summed E-state index contributed by atoms with van der Waals surface area (Å²) < 4.78 is 6.91. The zero-order chi connectivity index (χ0) is 12.7. The quantitative estimate of drug-likeness (QED) is 0.578. The van der Waals surface area contributed by atoms with E-state index in [1.165, 1.54) is 0 Å². The molecule has 5 nitrogen and oxygen atoms in total. The maximum Gasteiger partial charge on any atom is 0.323 e. The van der Waals surface area contributed by atoms with Crippen molar-refractivity contribution in [2.24, 2.45) is 5.73 Å². The number of thioether (sulfide) groups is 1. The first-order valence-electron chi connectivity index (χ1n) is 5.62. The largest absolute Gasteiger partial charge is 0.465 e. The van der Waals surface area contributed by atoms with E-state index in [1.807, 2.05) is 13.1 Å². The van der Waals surface area contributed by atoms with Crippen molar-refractivity contribution in [3.63, 3.8) is 0 Å². The Labute approximate surface area is 106 Å². The van der Waals surface area contributed by atoms with Gasteiger partial charge in [-0.2, -0.15) is 11.8 Å². The molecule has 0 spiro atoms. The van der Waals surface area contributed by atoms with Gasteiger partial charge in [0, 0.05) is 30.4 Å².